The Morgan fingerprint density at radius 1 is 1.32 bits per heavy atom. The van der Waals surface area contributed by atoms with Crippen LogP contribution in [0, 0.1) is 11.3 Å². The summed E-state index contributed by atoms with van der Waals surface area (Å²) < 4.78 is 12.1. The molecule has 1 aliphatic heterocycles. The molecule has 144 valence electrons. The lowest BCUT2D eigenvalue weighted by Crippen LogP contribution is -2.32. The van der Waals surface area contributed by atoms with E-state index >= 15 is 0 Å². The van der Waals surface area contributed by atoms with Crippen LogP contribution in [0.15, 0.2) is 58.6 Å². The number of amides is 1. The second-order valence-corrected chi connectivity index (χ2v) is 7.33. The molecule has 2 aromatic rings. The Morgan fingerprint density at radius 2 is 2.14 bits per heavy atom. The van der Waals surface area contributed by atoms with Crippen LogP contribution in [0.25, 0.3) is 6.08 Å². The van der Waals surface area contributed by atoms with E-state index in [4.69, 9.17) is 9.47 Å². The maximum atomic E-state index is 12.3. The number of nitriles is 1. The van der Waals surface area contributed by atoms with Gasteiger partial charge in [-0.1, -0.05) is 36.4 Å². The number of benzene rings is 2. The smallest absolute Gasteiger partial charge is 0.262 e. The van der Waals surface area contributed by atoms with Crippen molar-refractivity contribution in [3.63, 3.8) is 0 Å². The summed E-state index contributed by atoms with van der Waals surface area (Å²) in [4.78, 5) is 12.3. The van der Waals surface area contributed by atoms with E-state index in [-0.39, 0.29) is 11.7 Å². The fourth-order valence-electron chi connectivity index (χ4n) is 2.88. The molecule has 1 amide bonds. The third-order valence-corrected chi connectivity index (χ3v) is 5.00. The molecular weight excluding hydrogens is 420 g/mol. The number of nitrogens with zero attached hydrogens (tertiary/aromatic N) is 1. The summed E-state index contributed by atoms with van der Waals surface area (Å²) >= 11 is 3.49. The predicted molar refractivity (Wildman–Crippen MR) is 110 cm³/mol. The largest absolute Gasteiger partial charge is 0.488 e. The lowest BCUT2D eigenvalue weighted by molar-refractivity contribution is -0.117. The van der Waals surface area contributed by atoms with Crippen LogP contribution in [0.3, 0.4) is 0 Å². The van der Waals surface area contributed by atoms with E-state index in [9.17, 15) is 10.1 Å². The summed E-state index contributed by atoms with van der Waals surface area (Å²) in [6.07, 6.45) is 3.55. The Bertz CT molecular complexity index is 884. The van der Waals surface area contributed by atoms with E-state index in [1.54, 1.807) is 6.08 Å². The Morgan fingerprint density at radius 3 is 2.82 bits per heavy atom. The Hall–Kier alpha value is -2.62. The average Bonchev–Trinajstić information content (AvgIpc) is 3.24. The van der Waals surface area contributed by atoms with Crippen molar-refractivity contribution in [1.82, 2.24) is 5.32 Å². The van der Waals surface area contributed by atoms with Crippen LogP contribution in [0.1, 0.15) is 24.0 Å². The van der Waals surface area contributed by atoms with Gasteiger partial charge >= 0.3 is 0 Å². The number of rotatable bonds is 7. The van der Waals surface area contributed by atoms with Crippen LogP contribution >= 0.6 is 15.9 Å². The van der Waals surface area contributed by atoms with E-state index in [1.807, 2.05) is 54.6 Å². The second-order valence-electron chi connectivity index (χ2n) is 6.48. The zero-order valence-corrected chi connectivity index (χ0v) is 16.9. The Balaban J connectivity index is 1.62. The van der Waals surface area contributed by atoms with Crippen molar-refractivity contribution in [1.29, 1.82) is 5.26 Å². The third kappa shape index (κ3) is 5.69. The van der Waals surface area contributed by atoms with Gasteiger partial charge in [-0.05, 0) is 58.1 Å². The topological polar surface area (TPSA) is 71.3 Å². The van der Waals surface area contributed by atoms with E-state index in [1.165, 1.54) is 0 Å². The van der Waals surface area contributed by atoms with E-state index < -0.39 is 5.91 Å². The molecule has 0 spiro atoms. The molecule has 0 saturated carbocycles. The molecule has 1 atom stereocenters. The van der Waals surface area contributed by atoms with Gasteiger partial charge in [0.15, 0.2) is 0 Å². The van der Waals surface area contributed by atoms with Crippen LogP contribution < -0.4 is 10.1 Å². The molecule has 5 nitrogen and oxygen atoms in total. The summed E-state index contributed by atoms with van der Waals surface area (Å²) in [6.45, 7) is 1.62. The molecule has 1 N–H and O–H groups in total. The maximum absolute atomic E-state index is 12.3. The molecule has 1 aliphatic rings. The number of halogens is 1. The summed E-state index contributed by atoms with van der Waals surface area (Å²) in [5.41, 5.74) is 1.87. The van der Waals surface area contributed by atoms with E-state index in [0.717, 1.165) is 35.0 Å². The minimum atomic E-state index is -0.390. The lowest BCUT2D eigenvalue weighted by atomic mass is 10.1. The number of carbonyl (C=O) groups excluding carboxylic acids is 1. The normalized spacial score (nSPS) is 16.4. The molecule has 0 aromatic heterocycles. The first kappa shape index (κ1) is 20.1. The SMILES string of the molecule is N#C/C(=C\c1ccc(OCc2ccccc2)c(Br)c1)C(=O)NC[C@H]1CCCO1. The van der Waals surface area contributed by atoms with Crippen LogP contribution in [0.4, 0.5) is 0 Å². The van der Waals surface area contributed by atoms with Crippen molar-refractivity contribution in [3.05, 3.63) is 69.7 Å². The molecule has 0 unspecified atom stereocenters. The van der Waals surface area contributed by atoms with Gasteiger partial charge in [-0.15, -0.1) is 0 Å². The summed E-state index contributed by atoms with van der Waals surface area (Å²) in [7, 11) is 0. The second kappa shape index (κ2) is 10.1. The van der Waals surface area contributed by atoms with Gasteiger partial charge in [0.25, 0.3) is 5.91 Å². The molecule has 0 bridgehead atoms. The summed E-state index contributed by atoms with van der Waals surface area (Å²) in [6, 6.07) is 17.3. The van der Waals surface area contributed by atoms with E-state index in [0.29, 0.717) is 18.9 Å². The highest BCUT2D eigenvalue weighted by Gasteiger charge is 2.17. The van der Waals surface area contributed by atoms with Crippen LogP contribution in [0.2, 0.25) is 0 Å². The average molecular weight is 441 g/mol. The van der Waals surface area contributed by atoms with Gasteiger partial charge in [0.2, 0.25) is 0 Å². The van der Waals surface area contributed by atoms with Gasteiger partial charge in [0.1, 0.15) is 24.0 Å². The van der Waals surface area contributed by atoms with Gasteiger partial charge in [0, 0.05) is 13.2 Å². The number of ether oxygens (including phenoxy) is 2. The molecule has 2 aromatic carbocycles. The Kier molecular flexibility index (Phi) is 7.24. The quantitative estimate of drug-likeness (QED) is 0.516. The first-order valence-corrected chi connectivity index (χ1v) is 9.93. The highest BCUT2D eigenvalue weighted by atomic mass is 79.9. The van der Waals surface area contributed by atoms with Gasteiger partial charge in [-0.25, -0.2) is 0 Å². The summed E-state index contributed by atoms with van der Waals surface area (Å²) in [5, 5.41) is 12.1. The van der Waals surface area contributed by atoms with Crippen molar-refractivity contribution in [2.45, 2.75) is 25.6 Å². The fraction of sp³-hybridized carbons (Fsp3) is 0.273. The summed E-state index contributed by atoms with van der Waals surface area (Å²) in [5.74, 6) is 0.306. The van der Waals surface area contributed by atoms with Crippen molar-refractivity contribution < 1.29 is 14.3 Å². The molecule has 6 heteroatoms. The highest BCUT2D eigenvalue weighted by molar-refractivity contribution is 9.10. The number of carbonyl (C=O) groups is 1. The van der Waals surface area contributed by atoms with Crippen LogP contribution in [-0.2, 0) is 16.1 Å². The van der Waals surface area contributed by atoms with Gasteiger partial charge in [-0.2, -0.15) is 5.26 Å². The minimum Gasteiger partial charge on any atom is -0.488 e. The van der Waals surface area contributed by atoms with Crippen molar-refractivity contribution >= 4 is 27.9 Å². The Labute approximate surface area is 173 Å². The highest BCUT2D eigenvalue weighted by Crippen LogP contribution is 2.27. The van der Waals surface area contributed by atoms with Gasteiger partial charge < -0.3 is 14.8 Å². The van der Waals surface area contributed by atoms with Crippen molar-refractivity contribution in [3.8, 4) is 11.8 Å². The number of hydrogen-bond acceptors (Lipinski definition) is 4. The monoisotopic (exact) mass is 440 g/mol. The molecule has 0 radical (unpaired) electrons. The molecule has 1 heterocycles. The lowest BCUT2D eigenvalue weighted by Gasteiger charge is -2.11. The molecule has 3 rings (SSSR count). The number of hydrogen-bond donors (Lipinski definition) is 1. The van der Waals surface area contributed by atoms with Crippen LogP contribution in [-0.4, -0.2) is 25.2 Å². The standard InChI is InChI=1S/C22H21BrN2O3/c23-20-12-17(8-9-21(20)28-15-16-5-2-1-3-6-16)11-18(13-24)22(26)25-14-19-7-4-10-27-19/h1-3,5-6,8-9,11-12,19H,4,7,10,14-15H2,(H,25,26)/b18-11+/t19-/m1/s1. The zero-order valence-electron chi connectivity index (χ0n) is 15.4. The molecule has 28 heavy (non-hydrogen) atoms. The fourth-order valence-corrected chi connectivity index (χ4v) is 3.39. The minimum absolute atomic E-state index is 0.0408. The van der Waals surface area contributed by atoms with Crippen molar-refractivity contribution in [2.75, 3.05) is 13.2 Å². The van der Waals surface area contributed by atoms with E-state index in [2.05, 4.69) is 21.2 Å². The van der Waals surface area contributed by atoms with Gasteiger partial charge in [-0.3, -0.25) is 4.79 Å². The molecular formula is C22H21BrN2O3. The zero-order chi connectivity index (χ0) is 19.8. The molecule has 0 aliphatic carbocycles. The first-order chi connectivity index (χ1) is 13.7. The predicted octanol–water partition coefficient (Wildman–Crippen LogP) is 4.23. The van der Waals surface area contributed by atoms with Crippen molar-refractivity contribution in [2.24, 2.45) is 0 Å². The first-order valence-electron chi connectivity index (χ1n) is 9.13. The maximum Gasteiger partial charge on any atom is 0.262 e. The molecule has 1 saturated heterocycles. The number of nitrogens with one attached hydrogen (secondary N) is 1. The third-order valence-electron chi connectivity index (χ3n) is 4.38. The van der Waals surface area contributed by atoms with Gasteiger partial charge in [0.05, 0.1) is 10.6 Å². The van der Waals surface area contributed by atoms with Crippen LogP contribution in [0.5, 0.6) is 5.75 Å². The molecule has 1 fully saturated rings.